The average molecular weight is 405 g/mol. The van der Waals surface area contributed by atoms with Crippen LogP contribution < -0.4 is 5.32 Å². The number of hydrogen-bond acceptors (Lipinski definition) is 3. The average Bonchev–Trinajstić information content (AvgIpc) is 2.91. The molecule has 2 amide bonds. The number of fused-ring (bicyclic) bond motifs is 1. The Morgan fingerprint density at radius 2 is 1.73 bits per heavy atom. The summed E-state index contributed by atoms with van der Waals surface area (Å²) in [5.41, 5.74) is 3.89. The summed E-state index contributed by atoms with van der Waals surface area (Å²) in [5.74, 6) is 0.0551. The zero-order valence-corrected chi connectivity index (χ0v) is 17.6. The largest absolute Gasteiger partial charge is 0.350 e. The van der Waals surface area contributed by atoms with Crippen molar-refractivity contribution in [1.82, 2.24) is 14.4 Å². The fourth-order valence-corrected chi connectivity index (χ4v) is 4.17. The van der Waals surface area contributed by atoms with Crippen LogP contribution in [-0.4, -0.2) is 52.4 Å². The summed E-state index contributed by atoms with van der Waals surface area (Å²) in [6, 6.07) is 16.0. The molecule has 1 aromatic heterocycles. The number of anilines is 1. The van der Waals surface area contributed by atoms with Crippen LogP contribution in [-0.2, 0) is 18.4 Å². The van der Waals surface area contributed by atoms with Gasteiger partial charge in [0.05, 0.1) is 5.56 Å². The summed E-state index contributed by atoms with van der Waals surface area (Å²) in [5, 5.41) is 3.81. The number of hydrogen-bond donors (Lipinski definition) is 1. The van der Waals surface area contributed by atoms with Crippen molar-refractivity contribution in [1.29, 1.82) is 0 Å². The summed E-state index contributed by atoms with van der Waals surface area (Å²) in [7, 11) is 1.99. The standard InChI is InChI=1S/C24H28N4O2/c1-18(29)25-20-10-8-19(9-11-20)16-27-12-5-13-28(15-14-27)24(30)22-17-26(2)23-7-4-3-6-21(22)23/h3-4,6-11,17H,5,12-16H2,1-2H3,(H,25,29). The quantitative estimate of drug-likeness (QED) is 0.724. The molecule has 0 atom stereocenters. The first-order valence-electron chi connectivity index (χ1n) is 10.4. The van der Waals surface area contributed by atoms with Crippen LogP contribution in [0.2, 0.25) is 0 Å². The van der Waals surface area contributed by atoms with Gasteiger partial charge in [0.15, 0.2) is 0 Å². The Morgan fingerprint density at radius 1 is 0.967 bits per heavy atom. The van der Waals surface area contributed by atoms with Crippen molar-refractivity contribution in [3.8, 4) is 0 Å². The highest BCUT2D eigenvalue weighted by atomic mass is 16.2. The molecular formula is C24H28N4O2. The Hall–Kier alpha value is -3.12. The number of para-hydroxylation sites is 1. The van der Waals surface area contributed by atoms with Crippen LogP contribution in [0.4, 0.5) is 5.69 Å². The lowest BCUT2D eigenvalue weighted by Gasteiger charge is -2.22. The van der Waals surface area contributed by atoms with Gasteiger partial charge in [-0.25, -0.2) is 0 Å². The van der Waals surface area contributed by atoms with E-state index >= 15 is 0 Å². The van der Waals surface area contributed by atoms with E-state index in [4.69, 9.17) is 0 Å². The van der Waals surface area contributed by atoms with E-state index in [0.29, 0.717) is 0 Å². The number of carbonyl (C=O) groups excluding carboxylic acids is 2. The number of rotatable bonds is 4. The third-order valence-corrected chi connectivity index (χ3v) is 5.68. The molecule has 1 fully saturated rings. The molecule has 6 heteroatoms. The first kappa shape index (κ1) is 20.2. The van der Waals surface area contributed by atoms with Gasteiger partial charge in [0, 0.05) is 69.5 Å². The molecule has 1 N–H and O–H groups in total. The minimum absolute atomic E-state index is 0.0637. The van der Waals surface area contributed by atoms with E-state index in [1.807, 2.05) is 59.1 Å². The number of nitrogens with zero attached hydrogens (tertiary/aromatic N) is 3. The second-order valence-electron chi connectivity index (χ2n) is 7.97. The van der Waals surface area contributed by atoms with Gasteiger partial charge in [-0.3, -0.25) is 14.5 Å². The molecule has 6 nitrogen and oxygen atoms in total. The smallest absolute Gasteiger partial charge is 0.256 e. The van der Waals surface area contributed by atoms with Crippen LogP contribution in [0.1, 0.15) is 29.3 Å². The summed E-state index contributed by atoms with van der Waals surface area (Å²) < 4.78 is 2.03. The van der Waals surface area contributed by atoms with E-state index in [9.17, 15) is 9.59 Å². The van der Waals surface area contributed by atoms with Crippen LogP contribution in [0, 0.1) is 0 Å². The van der Waals surface area contributed by atoms with Gasteiger partial charge in [-0.2, -0.15) is 0 Å². The second-order valence-corrected chi connectivity index (χ2v) is 7.97. The molecule has 3 aromatic rings. The Kier molecular flexibility index (Phi) is 5.86. The first-order valence-corrected chi connectivity index (χ1v) is 10.4. The number of benzene rings is 2. The molecule has 0 saturated carbocycles. The molecule has 1 saturated heterocycles. The van der Waals surface area contributed by atoms with Gasteiger partial charge < -0.3 is 14.8 Å². The van der Waals surface area contributed by atoms with E-state index in [1.165, 1.54) is 12.5 Å². The normalized spacial score (nSPS) is 15.2. The van der Waals surface area contributed by atoms with E-state index in [-0.39, 0.29) is 11.8 Å². The molecule has 0 unspecified atom stereocenters. The highest BCUT2D eigenvalue weighted by Gasteiger charge is 2.23. The van der Waals surface area contributed by atoms with Crippen LogP contribution in [0.3, 0.4) is 0 Å². The van der Waals surface area contributed by atoms with Crippen LogP contribution in [0.25, 0.3) is 10.9 Å². The minimum Gasteiger partial charge on any atom is -0.350 e. The fraction of sp³-hybridized carbons (Fsp3) is 0.333. The highest BCUT2D eigenvalue weighted by Crippen LogP contribution is 2.22. The van der Waals surface area contributed by atoms with Crippen molar-refractivity contribution < 1.29 is 9.59 Å². The monoisotopic (exact) mass is 404 g/mol. The van der Waals surface area contributed by atoms with Crippen molar-refractivity contribution in [2.75, 3.05) is 31.5 Å². The topological polar surface area (TPSA) is 57.6 Å². The molecule has 30 heavy (non-hydrogen) atoms. The summed E-state index contributed by atoms with van der Waals surface area (Å²) in [6.07, 6.45) is 2.91. The van der Waals surface area contributed by atoms with Crippen molar-refractivity contribution in [2.24, 2.45) is 7.05 Å². The molecule has 156 valence electrons. The molecule has 2 heterocycles. The molecule has 0 radical (unpaired) electrons. The summed E-state index contributed by atoms with van der Waals surface area (Å²) >= 11 is 0. The maximum Gasteiger partial charge on any atom is 0.256 e. The van der Waals surface area contributed by atoms with Crippen molar-refractivity contribution in [3.05, 3.63) is 65.9 Å². The second kappa shape index (κ2) is 8.71. The molecule has 2 aromatic carbocycles. The van der Waals surface area contributed by atoms with Gasteiger partial charge in [-0.15, -0.1) is 0 Å². The zero-order chi connectivity index (χ0) is 21.1. The zero-order valence-electron chi connectivity index (χ0n) is 17.6. The van der Waals surface area contributed by atoms with Gasteiger partial charge >= 0.3 is 0 Å². The molecule has 1 aliphatic heterocycles. The Balaban J connectivity index is 1.40. The predicted molar refractivity (Wildman–Crippen MR) is 119 cm³/mol. The van der Waals surface area contributed by atoms with Gasteiger partial charge in [0.2, 0.25) is 5.91 Å². The van der Waals surface area contributed by atoms with Gasteiger partial charge in [0.1, 0.15) is 0 Å². The number of carbonyl (C=O) groups is 2. The van der Waals surface area contributed by atoms with E-state index < -0.39 is 0 Å². The van der Waals surface area contributed by atoms with E-state index in [2.05, 4.69) is 22.3 Å². The van der Waals surface area contributed by atoms with Gasteiger partial charge in [-0.1, -0.05) is 30.3 Å². The van der Waals surface area contributed by atoms with E-state index in [0.717, 1.165) is 61.3 Å². The number of aromatic nitrogens is 1. The number of amides is 2. The van der Waals surface area contributed by atoms with Crippen molar-refractivity contribution in [2.45, 2.75) is 19.9 Å². The fourth-order valence-electron chi connectivity index (χ4n) is 4.17. The SMILES string of the molecule is CC(=O)Nc1ccc(CN2CCCN(C(=O)c3cn(C)c4ccccc34)CC2)cc1. The third kappa shape index (κ3) is 4.39. The lowest BCUT2D eigenvalue weighted by Crippen LogP contribution is -2.35. The molecular weight excluding hydrogens is 376 g/mol. The molecule has 0 spiro atoms. The van der Waals surface area contributed by atoms with Crippen LogP contribution >= 0.6 is 0 Å². The molecule has 0 bridgehead atoms. The first-order chi connectivity index (χ1) is 14.5. The van der Waals surface area contributed by atoms with Gasteiger partial charge in [0.25, 0.3) is 5.91 Å². The van der Waals surface area contributed by atoms with Gasteiger partial charge in [-0.05, 0) is 30.2 Å². The maximum atomic E-state index is 13.2. The number of nitrogens with one attached hydrogen (secondary N) is 1. The van der Waals surface area contributed by atoms with E-state index in [1.54, 1.807) is 0 Å². The number of aryl methyl sites for hydroxylation is 1. The predicted octanol–water partition coefficient (Wildman–Crippen LogP) is 3.48. The maximum absolute atomic E-state index is 13.2. The summed E-state index contributed by atoms with van der Waals surface area (Å²) in [6.45, 7) is 5.68. The Labute approximate surface area is 177 Å². The van der Waals surface area contributed by atoms with Crippen molar-refractivity contribution >= 4 is 28.4 Å². The molecule has 4 rings (SSSR count). The Bertz CT molecular complexity index is 1050. The third-order valence-electron chi connectivity index (χ3n) is 5.68. The highest BCUT2D eigenvalue weighted by molar-refractivity contribution is 6.07. The molecule has 1 aliphatic rings. The van der Waals surface area contributed by atoms with Crippen LogP contribution in [0.15, 0.2) is 54.7 Å². The van der Waals surface area contributed by atoms with Crippen molar-refractivity contribution in [3.63, 3.8) is 0 Å². The molecule has 0 aliphatic carbocycles. The lowest BCUT2D eigenvalue weighted by atomic mass is 10.1. The minimum atomic E-state index is -0.0637. The summed E-state index contributed by atoms with van der Waals surface area (Å²) in [4.78, 5) is 28.8. The lowest BCUT2D eigenvalue weighted by molar-refractivity contribution is -0.114. The van der Waals surface area contributed by atoms with Crippen LogP contribution in [0.5, 0.6) is 0 Å². The Morgan fingerprint density at radius 3 is 2.50 bits per heavy atom.